The SMILES string of the molecule is O=C(CC(NCC1CCCO1)C(=O)O)Nc1cccc(O)c1. The van der Waals surface area contributed by atoms with E-state index in [1.165, 1.54) is 12.1 Å². The molecule has 0 aromatic heterocycles. The first-order valence-corrected chi connectivity index (χ1v) is 7.21. The normalized spacial score (nSPS) is 18.8. The lowest BCUT2D eigenvalue weighted by Crippen LogP contribution is -2.43. The molecule has 2 unspecified atom stereocenters. The third-order valence-electron chi connectivity index (χ3n) is 3.43. The smallest absolute Gasteiger partial charge is 0.321 e. The predicted octanol–water partition coefficient (Wildman–Crippen LogP) is 0.943. The van der Waals surface area contributed by atoms with Gasteiger partial charge in [-0.2, -0.15) is 0 Å². The van der Waals surface area contributed by atoms with Crippen LogP contribution in [0.25, 0.3) is 0 Å². The largest absolute Gasteiger partial charge is 0.508 e. The number of anilines is 1. The average molecular weight is 308 g/mol. The van der Waals surface area contributed by atoms with Crippen molar-refractivity contribution in [2.24, 2.45) is 0 Å². The van der Waals surface area contributed by atoms with Crippen LogP contribution in [0.1, 0.15) is 19.3 Å². The van der Waals surface area contributed by atoms with Crippen molar-refractivity contribution in [1.82, 2.24) is 5.32 Å². The fraction of sp³-hybridized carbons (Fsp3) is 0.467. The quantitative estimate of drug-likeness (QED) is 0.597. The second-order valence-electron chi connectivity index (χ2n) is 5.24. The summed E-state index contributed by atoms with van der Waals surface area (Å²) in [6.07, 6.45) is 1.69. The number of rotatable bonds is 7. The maximum absolute atomic E-state index is 11.9. The van der Waals surface area contributed by atoms with E-state index in [4.69, 9.17) is 4.74 Å². The molecule has 1 saturated heterocycles. The van der Waals surface area contributed by atoms with Crippen LogP contribution >= 0.6 is 0 Å². The fourth-order valence-electron chi connectivity index (χ4n) is 2.31. The number of hydrogen-bond donors (Lipinski definition) is 4. The summed E-state index contributed by atoms with van der Waals surface area (Å²) in [6, 6.07) is 5.12. The first-order chi connectivity index (χ1) is 10.5. The molecule has 0 saturated carbocycles. The van der Waals surface area contributed by atoms with E-state index < -0.39 is 17.9 Å². The molecule has 0 aliphatic carbocycles. The van der Waals surface area contributed by atoms with Crippen molar-refractivity contribution in [3.63, 3.8) is 0 Å². The summed E-state index contributed by atoms with van der Waals surface area (Å²) in [7, 11) is 0. The summed E-state index contributed by atoms with van der Waals surface area (Å²) in [5, 5.41) is 23.9. The summed E-state index contributed by atoms with van der Waals surface area (Å²) in [5.74, 6) is -1.48. The Hall–Kier alpha value is -2.12. The number of phenolic OH excluding ortho intramolecular Hbond substituents is 1. The zero-order chi connectivity index (χ0) is 15.9. The van der Waals surface area contributed by atoms with Gasteiger partial charge in [0.2, 0.25) is 5.91 Å². The minimum absolute atomic E-state index is 0.0102. The first-order valence-electron chi connectivity index (χ1n) is 7.21. The van der Waals surface area contributed by atoms with Gasteiger partial charge in [0.1, 0.15) is 11.8 Å². The number of hydrogen-bond acceptors (Lipinski definition) is 5. The van der Waals surface area contributed by atoms with Crippen molar-refractivity contribution in [3.05, 3.63) is 24.3 Å². The van der Waals surface area contributed by atoms with Gasteiger partial charge in [-0.3, -0.25) is 9.59 Å². The highest BCUT2D eigenvalue weighted by atomic mass is 16.5. The molecule has 0 bridgehead atoms. The Balaban J connectivity index is 1.84. The first kappa shape index (κ1) is 16.3. The number of carboxylic acids is 1. The predicted molar refractivity (Wildman–Crippen MR) is 79.8 cm³/mol. The molecule has 1 aromatic carbocycles. The highest BCUT2D eigenvalue weighted by Crippen LogP contribution is 2.16. The number of benzene rings is 1. The van der Waals surface area contributed by atoms with Crippen molar-refractivity contribution in [2.75, 3.05) is 18.5 Å². The van der Waals surface area contributed by atoms with Crippen molar-refractivity contribution >= 4 is 17.6 Å². The third-order valence-corrected chi connectivity index (χ3v) is 3.43. The molecule has 120 valence electrons. The molecule has 2 rings (SSSR count). The maximum Gasteiger partial charge on any atom is 0.321 e. The monoisotopic (exact) mass is 308 g/mol. The van der Waals surface area contributed by atoms with Gasteiger partial charge in [0.25, 0.3) is 0 Å². The van der Waals surface area contributed by atoms with E-state index in [1.54, 1.807) is 12.1 Å². The average Bonchev–Trinajstić information content (AvgIpc) is 2.96. The van der Waals surface area contributed by atoms with Crippen LogP contribution in [0.3, 0.4) is 0 Å². The molecule has 1 heterocycles. The van der Waals surface area contributed by atoms with Crippen LogP contribution in [0, 0.1) is 0 Å². The van der Waals surface area contributed by atoms with Gasteiger partial charge in [-0.25, -0.2) is 0 Å². The summed E-state index contributed by atoms with van der Waals surface area (Å²) < 4.78 is 5.41. The third kappa shape index (κ3) is 5.01. The molecule has 0 radical (unpaired) electrons. The molecule has 4 N–H and O–H groups in total. The topological polar surface area (TPSA) is 108 Å². The molecule has 1 aromatic rings. The van der Waals surface area contributed by atoms with Gasteiger partial charge in [-0.05, 0) is 25.0 Å². The Morgan fingerprint density at radius 2 is 2.23 bits per heavy atom. The van der Waals surface area contributed by atoms with Crippen LogP contribution in [0.15, 0.2) is 24.3 Å². The number of nitrogens with one attached hydrogen (secondary N) is 2. The van der Waals surface area contributed by atoms with Crippen LogP contribution in [-0.2, 0) is 14.3 Å². The van der Waals surface area contributed by atoms with Crippen LogP contribution in [0.2, 0.25) is 0 Å². The van der Waals surface area contributed by atoms with Crippen LogP contribution in [-0.4, -0.2) is 47.4 Å². The number of carbonyl (C=O) groups excluding carboxylic acids is 1. The Morgan fingerprint density at radius 1 is 1.41 bits per heavy atom. The van der Waals surface area contributed by atoms with Gasteiger partial charge >= 0.3 is 5.97 Å². The van der Waals surface area contributed by atoms with E-state index in [0.717, 1.165) is 12.8 Å². The number of aliphatic carboxylic acids is 1. The van der Waals surface area contributed by atoms with Gasteiger partial charge < -0.3 is 25.6 Å². The van der Waals surface area contributed by atoms with Crippen LogP contribution in [0.5, 0.6) is 5.75 Å². The van der Waals surface area contributed by atoms with Crippen molar-refractivity contribution in [2.45, 2.75) is 31.4 Å². The molecule has 22 heavy (non-hydrogen) atoms. The Kier molecular flexibility index (Phi) is 5.74. The minimum Gasteiger partial charge on any atom is -0.508 e. The second kappa shape index (κ2) is 7.77. The molecule has 1 fully saturated rings. The van der Waals surface area contributed by atoms with Crippen molar-refractivity contribution < 1.29 is 24.5 Å². The highest BCUT2D eigenvalue weighted by molar-refractivity contribution is 5.94. The Labute approximate surface area is 128 Å². The molecule has 2 atom stereocenters. The van der Waals surface area contributed by atoms with Gasteiger partial charge in [0.15, 0.2) is 0 Å². The van der Waals surface area contributed by atoms with Crippen LogP contribution < -0.4 is 10.6 Å². The van der Waals surface area contributed by atoms with E-state index in [1.807, 2.05) is 0 Å². The van der Waals surface area contributed by atoms with E-state index in [-0.39, 0.29) is 18.3 Å². The number of amides is 1. The molecule has 7 heteroatoms. The lowest BCUT2D eigenvalue weighted by atomic mass is 10.1. The number of phenols is 1. The fourth-order valence-corrected chi connectivity index (χ4v) is 2.31. The van der Waals surface area contributed by atoms with Crippen molar-refractivity contribution in [1.29, 1.82) is 0 Å². The zero-order valence-electron chi connectivity index (χ0n) is 12.1. The minimum atomic E-state index is -1.08. The maximum atomic E-state index is 11.9. The Morgan fingerprint density at radius 3 is 2.86 bits per heavy atom. The van der Waals surface area contributed by atoms with Crippen LogP contribution in [0.4, 0.5) is 5.69 Å². The number of aromatic hydroxyl groups is 1. The standard InChI is InChI=1S/C15H20N2O5/c18-11-4-1-3-10(7-11)17-14(19)8-13(15(20)21)16-9-12-5-2-6-22-12/h1,3-4,7,12-13,16,18H,2,5-6,8-9H2,(H,17,19)(H,20,21). The molecule has 1 aliphatic heterocycles. The summed E-state index contributed by atoms with van der Waals surface area (Å²) in [6.45, 7) is 1.11. The van der Waals surface area contributed by atoms with E-state index in [0.29, 0.717) is 18.8 Å². The number of ether oxygens (including phenoxy) is 1. The van der Waals surface area contributed by atoms with Gasteiger partial charge in [0.05, 0.1) is 12.5 Å². The number of carbonyl (C=O) groups is 2. The van der Waals surface area contributed by atoms with Gasteiger partial charge in [0, 0.05) is 24.9 Å². The summed E-state index contributed by atoms with van der Waals surface area (Å²) in [5.41, 5.74) is 0.424. The van der Waals surface area contributed by atoms with Gasteiger partial charge in [-0.1, -0.05) is 6.07 Å². The second-order valence-corrected chi connectivity index (χ2v) is 5.24. The Bertz CT molecular complexity index is 528. The van der Waals surface area contributed by atoms with E-state index in [2.05, 4.69) is 10.6 Å². The summed E-state index contributed by atoms with van der Waals surface area (Å²) >= 11 is 0. The molecule has 0 spiro atoms. The lowest BCUT2D eigenvalue weighted by molar-refractivity contribution is -0.141. The summed E-state index contributed by atoms with van der Waals surface area (Å²) in [4.78, 5) is 23.1. The lowest BCUT2D eigenvalue weighted by Gasteiger charge is -2.17. The highest BCUT2D eigenvalue weighted by Gasteiger charge is 2.23. The number of carboxylic acid groups (broad SMARTS) is 1. The molecule has 1 aliphatic rings. The van der Waals surface area contributed by atoms with Crippen molar-refractivity contribution in [3.8, 4) is 5.75 Å². The van der Waals surface area contributed by atoms with E-state index in [9.17, 15) is 19.8 Å². The zero-order valence-corrected chi connectivity index (χ0v) is 12.1. The van der Waals surface area contributed by atoms with Gasteiger partial charge in [-0.15, -0.1) is 0 Å². The molecular weight excluding hydrogens is 288 g/mol. The molecule has 1 amide bonds. The molecular formula is C15H20N2O5. The van der Waals surface area contributed by atoms with E-state index >= 15 is 0 Å². The molecule has 7 nitrogen and oxygen atoms in total.